The molecular weight excluding hydrogens is 511 g/mol. The maximum absolute atomic E-state index is 12.8. The van der Waals surface area contributed by atoms with Crippen molar-refractivity contribution in [3.63, 3.8) is 0 Å². The van der Waals surface area contributed by atoms with Crippen LogP contribution in [0.4, 0.5) is 4.79 Å². The summed E-state index contributed by atoms with van der Waals surface area (Å²) in [5.41, 5.74) is -0.473. The number of hydrogen-bond acceptors (Lipinski definition) is 5. The number of halogens is 1. The first kappa shape index (κ1) is 27.8. The van der Waals surface area contributed by atoms with Crippen LogP contribution in [0.1, 0.15) is 65.7 Å². The number of carbonyl (C=O) groups is 2. The zero-order valence-electron chi connectivity index (χ0n) is 19.8. The zero-order valence-corrected chi connectivity index (χ0v) is 22.1. The molecule has 0 spiro atoms. The van der Waals surface area contributed by atoms with Crippen molar-refractivity contribution in [3.8, 4) is 0 Å². The first-order valence-corrected chi connectivity index (χ1v) is 11.3. The second-order valence-electron chi connectivity index (χ2n) is 9.30. The van der Waals surface area contributed by atoms with Crippen LogP contribution in [-0.4, -0.2) is 79.8 Å². The van der Waals surface area contributed by atoms with E-state index in [2.05, 4.69) is 19.9 Å². The number of rotatable bonds is 8. The second-order valence-corrected chi connectivity index (χ2v) is 9.30. The van der Waals surface area contributed by atoms with E-state index in [0.29, 0.717) is 12.3 Å². The molecule has 1 N–H and O–H groups in total. The molecule has 1 saturated heterocycles. The van der Waals surface area contributed by atoms with E-state index in [1.165, 1.54) is 20.0 Å². The molecule has 0 radical (unpaired) electrons. The number of piperidine rings is 1. The van der Waals surface area contributed by atoms with Gasteiger partial charge in [-0.25, -0.2) is 4.79 Å². The van der Waals surface area contributed by atoms with Crippen LogP contribution in [0.2, 0.25) is 0 Å². The number of unbranched alkanes of at least 4 members (excludes halogenated alkanes) is 1. The van der Waals surface area contributed by atoms with Gasteiger partial charge < -0.3 is 24.6 Å². The molecule has 0 aromatic heterocycles. The quantitative estimate of drug-likeness (QED) is 0.163. The Hall–Kier alpha value is -1.26. The van der Waals surface area contributed by atoms with E-state index in [-0.39, 0.29) is 42.1 Å². The number of aliphatic imine (C=N–C) groups is 1. The number of guanidine groups is 1. The molecule has 2 rings (SSSR count). The van der Waals surface area contributed by atoms with Gasteiger partial charge in [0.25, 0.3) is 0 Å². The number of ether oxygens (including phenoxy) is 2. The standard InChI is InChI=1S/C22H40N4O4.HI/c1-22(2,3)30-21(28)26(16-17-9-10-17)18-11-14-25(15-12-18)20(23-4)24-13-7-6-8-19(27)29-5;/h17-18H,6-16H2,1-5H3,(H,23,24);1H. The van der Waals surface area contributed by atoms with Gasteiger partial charge in [0, 0.05) is 45.7 Å². The molecule has 8 nitrogen and oxygen atoms in total. The van der Waals surface area contributed by atoms with Crippen molar-refractivity contribution >= 4 is 42.0 Å². The number of nitrogens with zero attached hydrogens (tertiary/aromatic N) is 3. The van der Waals surface area contributed by atoms with Crippen LogP contribution in [0, 0.1) is 5.92 Å². The molecule has 2 aliphatic rings. The Morgan fingerprint density at radius 2 is 1.77 bits per heavy atom. The molecule has 1 aliphatic carbocycles. The molecule has 1 amide bonds. The monoisotopic (exact) mass is 552 g/mol. The van der Waals surface area contributed by atoms with Gasteiger partial charge in [-0.15, -0.1) is 24.0 Å². The van der Waals surface area contributed by atoms with Gasteiger partial charge in [-0.3, -0.25) is 9.79 Å². The van der Waals surface area contributed by atoms with Crippen LogP contribution < -0.4 is 5.32 Å². The number of amides is 1. The number of hydrogen-bond donors (Lipinski definition) is 1. The Labute approximate surface area is 204 Å². The van der Waals surface area contributed by atoms with E-state index in [1.54, 1.807) is 7.05 Å². The topological polar surface area (TPSA) is 83.5 Å². The molecule has 0 aromatic carbocycles. The van der Waals surface area contributed by atoms with Gasteiger partial charge in [0.05, 0.1) is 7.11 Å². The van der Waals surface area contributed by atoms with Crippen LogP contribution in [0.5, 0.6) is 0 Å². The molecule has 9 heteroatoms. The summed E-state index contributed by atoms with van der Waals surface area (Å²) in [5.74, 6) is 1.36. The third kappa shape index (κ3) is 10.3. The highest BCUT2D eigenvalue weighted by molar-refractivity contribution is 14.0. The normalized spacial score (nSPS) is 17.6. The van der Waals surface area contributed by atoms with E-state index in [9.17, 15) is 9.59 Å². The SMILES string of the molecule is CN=C(NCCCCC(=O)OC)N1CCC(N(CC2CC2)C(=O)OC(C)(C)C)CC1.I. The Morgan fingerprint density at radius 1 is 1.13 bits per heavy atom. The predicted molar refractivity (Wildman–Crippen MR) is 133 cm³/mol. The number of carbonyl (C=O) groups excluding carboxylic acids is 2. The minimum atomic E-state index is -0.473. The van der Waals surface area contributed by atoms with Crippen LogP contribution in [0.3, 0.4) is 0 Å². The molecule has 180 valence electrons. The van der Waals surface area contributed by atoms with E-state index in [0.717, 1.165) is 57.8 Å². The average molecular weight is 552 g/mol. The third-order valence-corrected chi connectivity index (χ3v) is 5.51. The summed E-state index contributed by atoms with van der Waals surface area (Å²) in [6.45, 7) is 9.06. The third-order valence-electron chi connectivity index (χ3n) is 5.51. The predicted octanol–water partition coefficient (Wildman–Crippen LogP) is 3.63. The van der Waals surface area contributed by atoms with Gasteiger partial charge in [-0.05, 0) is 65.2 Å². The Bertz CT molecular complexity index is 597. The van der Waals surface area contributed by atoms with Gasteiger partial charge in [-0.1, -0.05) is 0 Å². The molecule has 0 atom stereocenters. The van der Waals surface area contributed by atoms with Crippen molar-refractivity contribution in [2.75, 3.05) is 40.3 Å². The van der Waals surface area contributed by atoms with E-state index in [4.69, 9.17) is 4.74 Å². The molecular formula is C22H41IN4O4. The highest BCUT2D eigenvalue weighted by atomic mass is 127. The molecule has 31 heavy (non-hydrogen) atoms. The van der Waals surface area contributed by atoms with Crippen molar-refractivity contribution in [1.29, 1.82) is 0 Å². The molecule has 0 unspecified atom stereocenters. The van der Waals surface area contributed by atoms with Crippen molar-refractivity contribution < 1.29 is 19.1 Å². The van der Waals surface area contributed by atoms with Crippen molar-refractivity contribution in [2.45, 2.75) is 77.4 Å². The van der Waals surface area contributed by atoms with E-state index in [1.807, 2.05) is 25.7 Å². The van der Waals surface area contributed by atoms with Crippen LogP contribution in [0.15, 0.2) is 4.99 Å². The van der Waals surface area contributed by atoms with Crippen LogP contribution in [0.25, 0.3) is 0 Å². The van der Waals surface area contributed by atoms with Gasteiger partial charge in [-0.2, -0.15) is 0 Å². The molecule has 0 bridgehead atoms. The number of esters is 1. The van der Waals surface area contributed by atoms with Crippen LogP contribution >= 0.6 is 24.0 Å². The summed E-state index contributed by atoms with van der Waals surface area (Å²) in [6, 6.07) is 0.217. The minimum Gasteiger partial charge on any atom is -0.469 e. The molecule has 0 aromatic rings. The first-order chi connectivity index (χ1) is 14.2. The largest absolute Gasteiger partial charge is 0.469 e. The lowest BCUT2D eigenvalue weighted by atomic mass is 10.0. The zero-order chi connectivity index (χ0) is 22.1. The van der Waals surface area contributed by atoms with E-state index >= 15 is 0 Å². The van der Waals surface area contributed by atoms with Crippen molar-refractivity contribution in [2.24, 2.45) is 10.9 Å². The van der Waals surface area contributed by atoms with Gasteiger partial charge in [0.1, 0.15) is 5.60 Å². The fraction of sp³-hybridized carbons (Fsp3) is 0.864. The number of likely N-dealkylation sites (tertiary alicyclic amines) is 1. The summed E-state index contributed by atoms with van der Waals surface area (Å²) < 4.78 is 10.3. The number of methoxy groups -OCH3 is 1. The minimum absolute atomic E-state index is 0. The highest BCUT2D eigenvalue weighted by Gasteiger charge is 2.35. The fourth-order valence-corrected chi connectivity index (χ4v) is 3.69. The summed E-state index contributed by atoms with van der Waals surface area (Å²) in [7, 11) is 3.21. The Morgan fingerprint density at radius 3 is 2.29 bits per heavy atom. The summed E-state index contributed by atoms with van der Waals surface area (Å²) in [4.78, 5) is 32.6. The maximum atomic E-state index is 12.8. The van der Waals surface area contributed by atoms with Gasteiger partial charge >= 0.3 is 12.1 Å². The molecule has 1 saturated carbocycles. The van der Waals surface area contributed by atoms with Gasteiger partial charge in [0.15, 0.2) is 5.96 Å². The van der Waals surface area contributed by atoms with E-state index < -0.39 is 5.60 Å². The lowest BCUT2D eigenvalue weighted by Gasteiger charge is -2.40. The maximum Gasteiger partial charge on any atom is 0.410 e. The molecule has 1 heterocycles. The molecule has 2 fully saturated rings. The van der Waals surface area contributed by atoms with Crippen LogP contribution in [-0.2, 0) is 14.3 Å². The highest BCUT2D eigenvalue weighted by Crippen LogP contribution is 2.32. The summed E-state index contributed by atoms with van der Waals surface area (Å²) in [5, 5.41) is 3.39. The second kappa shape index (κ2) is 13.3. The average Bonchev–Trinajstić information content (AvgIpc) is 3.52. The smallest absolute Gasteiger partial charge is 0.410 e. The summed E-state index contributed by atoms with van der Waals surface area (Å²) in [6.07, 6.45) is 6.20. The number of nitrogens with one attached hydrogen (secondary N) is 1. The Balaban J connectivity index is 0.00000480. The van der Waals surface area contributed by atoms with Gasteiger partial charge in [0.2, 0.25) is 0 Å². The molecule has 1 aliphatic heterocycles. The Kier molecular flexibility index (Phi) is 11.9. The first-order valence-electron chi connectivity index (χ1n) is 11.3. The summed E-state index contributed by atoms with van der Waals surface area (Å²) >= 11 is 0. The van der Waals surface area contributed by atoms with Crippen molar-refractivity contribution in [1.82, 2.24) is 15.1 Å². The lowest BCUT2D eigenvalue weighted by Crippen LogP contribution is -2.52. The lowest BCUT2D eigenvalue weighted by molar-refractivity contribution is -0.140. The fourth-order valence-electron chi connectivity index (χ4n) is 3.69. The van der Waals surface area contributed by atoms with Crippen molar-refractivity contribution in [3.05, 3.63) is 0 Å².